The summed E-state index contributed by atoms with van der Waals surface area (Å²) >= 11 is 0. The van der Waals surface area contributed by atoms with Gasteiger partial charge in [0, 0.05) is 17.9 Å². The van der Waals surface area contributed by atoms with Gasteiger partial charge in [-0.15, -0.1) is 0 Å². The van der Waals surface area contributed by atoms with Crippen molar-refractivity contribution in [2.45, 2.75) is 26.2 Å². The highest BCUT2D eigenvalue weighted by Crippen LogP contribution is 2.61. The van der Waals surface area contributed by atoms with Crippen LogP contribution in [0.15, 0.2) is 60.7 Å². The largest absolute Gasteiger partial charge is 0.507 e. The van der Waals surface area contributed by atoms with Crippen LogP contribution in [0.5, 0.6) is 5.75 Å². The Hall–Kier alpha value is -2.42. The first-order valence-electron chi connectivity index (χ1n) is 8.08. The fraction of sp³-hybridized carbons (Fsp3) is 0.286. The molecule has 2 nitrogen and oxygen atoms in total. The number of rotatable bonds is 4. The number of halogens is 1. The molecule has 0 aliphatic heterocycles. The Morgan fingerprint density at radius 3 is 2.50 bits per heavy atom. The third kappa shape index (κ3) is 2.54. The van der Waals surface area contributed by atoms with Crippen molar-refractivity contribution < 1.29 is 14.3 Å². The van der Waals surface area contributed by atoms with Gasteiger partial charge >= 0.3 is 0 Å². The summed E-state index contributed by atoms with van der Waals surface area (Å²) < 4.78 is 13.2. The Kier molecular flexibility index (Phi) is 4.04. The number of carbonyl (C=O) groups excluding carboxylic acids is 1. The second-order valence-corrected chi connectivity index (χ2v) is 6.92. The van der Waals surface area contributed by atoms with Gasteiger partial charge in [0.25, 0.3) is 0 Å². The van der Waals surface area contributed by atoms with Crippen LogP contribution in [-0.4, -0.2) is 10.9 Å². The first-order valence-corrected chi connectivity index (χ1v) is 8.08. The maximum Gasteiger partial charge on any atom is 0.170 e. The van der Waals surface area contributed by atoms with E-state index < -0.39 is 5.82 Å². The summed E-state index contributed by atoms with van der Waals surface area (Å²) in [4.78, 5) is 12.9. The molecule has 2 aromatic carbocycles. The number of hydrogen-bond acceptors (Lipinski definition) is 2. The Bertz CT molecular complexity index is 797. The van der Waals surface area contributed by atoms with Crippen molar-refractivity contribution in [3.63, 3.8) is 0 Å². The van der Waals surface area contributed by atoms with Crippen LogP contribution in [0.2, 0.25) is 0 Å². The van der Waals surface area contributed by atoms with Gasteiger partial charge in [-0.2, -0.15) is 0 Å². The SMILES string of the molecule is C=C(C)[C@@]1(C)C[C@@H](C(=O)c2ccc(F)cc2O)[C@@H]1c1ccccc1. The van der Waals surface area contributed by atoms with Gasteiger partial charge in [0.2, 0.25) is 0 Å². The summed E-state index contributed by atoms with van der Waals surface area (Å²) in [6, 6.07) is 13.5. The molecule has 1 aliphatic carbocycles. The van der Waals surface area contributed by atoms with Crippen molar-refractivity contribution >= 4 is 5.78 Å². The van der Waals surface area contributed by atoms with E-state index in [1.54, 1.807) is 0 Å². The van der Waals surface area contributed by atoms with E-state index in [4.69, 9.17) is 0 Å². The van der Waals surface area contributed by atoms with E-state index in [0.717, 1.165) is 17.2 Å². The first kappa shape index (κ1) is 16.4. The van der Waals surface area contributed by atoms with Crippen molar-refractivity contribution in [3.8, 4) is 5.75 Å². The molecule has 0 radical (unpaired) electrons. The van der Waals surface area contributed by atoms with Crippen LogP contribution < -0.4 is 0 Å². The number of benzene rings is 2. The van der Waals surface area contributed by atoms with Crippen LogP contribution in [0.4, 0.5) is 4.39 Å². The zero-order valence-corrected chi connectivity index (χ0v) is 13.9. The summed E-state index contributed by atoms with van der Waals surface area (Å²) in [5, 5.41) is 9.95. The average molecular weight is 324 g/mol. The molecule has 0 aromatic heterocycles. The van der Waals surface area contributed by atoms with Gasteiger partial charge in [0.05, 0.1) is 5.56 Å². The van der Waals surface area contributed by atoms with Crippen LogP contribution in [0.3, 0.4) is 0 Å². The zero-order valence-electron chi connectivity index (χ0n) is 13.9. The standard InChI is InChI=1S/C21H21FO2/c1-13(2)21(3)12-17(19(21)14-7-5-4-6-8-14)20(24)16-10-9-15(22)11-18(16)23/h4-11,17,19,23H,1,12H2,2-3H3/t17-,19+,21-/m1/s1. The summed E-state index contributed by atoms with van der Waals surface area (Å²) in [6.45, 7) is 8.23. The van der Waals surface area contributed by atoms with Crippen molar-refractivity contribution in [2.75, 3.05) is 0 Å². The highest BCUT2D eigenvalue weighted by atomic mass is 19.1. The molecule has 0 amide bonds. The Morgan fingerprint density at radius 1 is 1.25 bits per heavy atom. The first-order chi connectivity index (χ1) is 11.3. The number of Topliss-reactive ketones (excluding diaryl/α,β-unsaturated/α-hetero) is 1. The Morgan fingerprint density at radius 2 is 1.92 bits per heavy atom. The molecular weight excluding hydrogens is 303 g/mol. The molecule has 3 heteroatoms. The van der Waals surface area contributed by atoms with Crippen LogP contribution in [0.1, 0.15) is 42.1 Å². The maximum absolute atomic E-state index is 13.2. The van der Waals surface area contributed by atoms with Crippen LogP contribution in [-0.2, 0) is 0 Å². The van der Waals surface area contributed by atoms with Gasteiger partial charge in [-0.25, -0.2) is 4.39 Å². The number of allylic oxidation sites excluding steroid dienone is 1. The van der Waals surface area contributed by atoms with Crippen LogP contribution in [0.25, 0.3) is 0 Å². The normalized spacial score (nSPS) is 25.8. The molecule has 0 saturated heterocycles. The molecule has 0 unspecified atom stereocenters. The number of carbonyl (C=O) groups is 1. The van der Waals surface area contributed by atoms with E-state index in [0.29, 0.717) is 6.42 Å². The maximum atomic E-state index is 13.2. The van der Waals surface area contributed by atoms with Gasteiger partial charge in [-0.3, -0.25) is 4.79 Å². The summed E-state index contributed by atoms with van der Waals surface area (Å²) in [6.07, 6.45) is 0.678. The quantitative estimate of drug-likeness (QED) is 0.627. The molecule has 1 saturated carbocycles. The minimum absolute atomic E-state index is 0.00755. The number of phenolic OH excluding ortho intramolecular Hbond substituents is 1. The monoisotopic (exact) mass is 324 g/mol. The molecule has 1 fully saturated rings. The molecule has 1 aliphatic rings. The summed E-state index contributed by atoms with van der Waals surface area (Å²) in [5.74, 6) is -1.22. The van der Waals surface area contributed by atoms with Gasteiger partial charge < -0.3 is 5.11 Å². The molecule has 3 rings (SSSR count). The third-order valence-electron chi connectivity index (χ3n) is 5.43. The lowest BCUT2D eigenvalue weighted by atomic mass is 9.49. The van der Waals surface area contributed by atoms with E-state index in [9.17, 15) is 14.3 Å². The van der Waals surface area contributed by atoms with E-state index in [-0.39, 0.29) is 34.3 Å². The van der Waals surface area contributed by atoms with E-state index in [1.165, 1.54) is 12.1 Å². The fourth-order valence-electron chi connectivity index (χ4n) is 3.84. The fourth-order valence-corrected chi connectivity index (χ4v) is 3.84. The lowest BCUT2D eigenvalue weighted by Crippen LogP contribution is -2.48. The van der Waals surface area contributed by atoms with Gasteiger partial charge in [-0.05, 0) is 36.5 Å². The molecule has 0 heterocycles. The molecule has 2 aromatic rings. The molecular formula is C21H21FO2. The van der Waals surface area contributed by atoms with Crippen molar-refractivity contribution in [2.24, 2.45) is 11.3 Å². The van der Waals surface area contributed by atoms with Crippen LogP contribution >= 0.6 is 0 Å². The van der Waals surface area contributed by atoms with Crippen molar-refractivity contribution in [1.82, 2.24) is 0 Å². The average Bonchev–Trinajstić information content (AvgIpc) is 2.52. The van der Waals surface area contributed by atoms with E-state index in [1.807, 2.05) is 37.3 Å². The van der Waals surface area contributed by atoms with E-state index >= 15 is 0 Å². The highest BCUT2D eigenvalue weighted by Gasteiger charge is 2.54. The van der Waals surface area contributed by atoms with E-state index in [2.05, 4.69) is 13.5 Å². The van der Waals surface area contributed by atoms with Crippen molar-refractivity contribution in [3.05, 3.63) is 77.6 Å². The number of hydrogen-bond donors (Lipinski definition) is 1. The number of ketones is 1. The third-order valence-corrected chi connectivity index (χ3v) is 5.43. The second kappa shape index (κ2) is 5.90. The number of aromatic hydroxyl groups is 1. The molecule has 0 bridgehead atoms. The molecule has 124 valence electrons. The molecule has 3 atom stereocenters. The number of phenols is 1. The molecule has 0 spiro atoms. The topological polar surface area (TPSA) is 37.3 Å². The highest BCUT2D eigenvalue weighted by molar-refractivity contribution is 6.01. The predicted molar refractivity (Wildman–Crippen MR) is 92.6 cm³/mol. The minimum Gasteiger partial charge on any atom is -0.507 e. The molecule has 1 N–H and O–H groups in total. The zero-order chi connectivity index (χ0) is 17.5. The van der Waals surface area contributed by atoms with Crippen LogP contribution in [0, 0.1) is 17.2 Å². The minimum atomic E-state index is -0.552. The second-order valence-electron chi connectivity index (χ2n) is 6.92. The van der Waals surface area contributed by atoms with Gasteiger partial charge in [0.1, 0.15) is 11.6 Å². The Labute approximate surface area is 141 Å². The van der Waals surface area contributed by atoms with Gasteiger partial charge in [-0.1, -0.05) is 49.4 Å². The lowest BCUT2D eigenvalue weighted by molar-refractivity contribution is 0.0477. The summed E-state index contributed by atoms with van der Waals surface area (Å²) in [5.41, 5.74) is 2.17. The molecule has 24 heavy (non-hydrogen) atoms. The predicted octanol–water partition coefficient (Wildman–Crippen LogP) is 5.10. The van der Waals surface area contributed by atoms with Crippen molar-refractivity contribution in [1.29, 1.82) is 0 Å². The Balaban J connectivity index is 1.98. The lowest BCUT2D eigenvalue weighted by Gasteiger charge is -2.54. The summed E-state index contributed by atoms with van der Waals surface area (Å²) in [7, 11) is 0. The van der Waals surface area contributed by atoms with Gasteiger partial charge in [0.15, 0.2) is 5.78 Å². The smallest absolute Gasteiger partial charge is 0.170 e.